The lowest BCUT2D eigenvalue weighted by Crippen LogP contribution is -2.17. The van der Waals surface area contributed by atoms with Crippen LogP contribution >= 0.6 is 12.6 Å². The van der Waals surface area contributed by atoms with Gasteiger partial charge in [-0.25, -0.2) is 0 Å². The van der Waals surface area contributed by atoms with Crippen LogP contribution in [0.3, 0.4) is 0 Å². The van der Waals surface area contributed by atoms with Crippen LogP contribution in [0.4, 0.5) is 0 Å². The molecule has 0 bridgehead atoms. The van der Waals surface area contributed by atoms with Crippen molar-refractivity contribution in [2.75, 3.05) is 0 Å². The van der Waals surface area contributed by atoms with Gasteiger partial charge in [-0.15, -0.1) is 0 Å². The van der Waals surface area contributed by atoms with Crippen LogP contribution in [0.25, 0.3) is 0 Å². The second-order valence-corrected chi connectivity index (χ2v) is 4.74. The molecule has 18 heavy (non-hydrogen) atoms. The maximum absolute atomic E-state index is 12.1. The second kappa shape index (κ2) is 5.74. The van der Waals surface area contributed by atoms with Gasteiger partial charge < -0.3 is 5.11 Å². The van der Waals surface area contributed by atoms with Crippen LogP contribution in [-0.4, -0.2) is 16.1 Å². The molecule has 2 aromatic carbocycles. The Balaban J connectivity index is 2.06. The van der Waals surface area contributed by atoms with Crippen LogP contribution in [0, 0.1) is 0 Å². The molecule has 1 atom stereocenters. The van der Waals surface area contributed by atoms with Crippen LogP contribution in [0.5, 0.6) is 5.75 Å². The molecule has 0 fully saturated rings. The largest absolute Gasteiger partial charge is 0.508 e. The summed E-state index contributed by atoms with van der Waals surface area (Å²) in [6.07, 6.45) is 0.553. The number of carbonyl (C=O) groups is 1. The molecule has 1 N–H and O–H groups in total. The number of rotatable bonds is 4. The first kappa shape index (κ1) is 12.7. The van der Waals surface area contributed by atoms with Crippen molar-refractivity contribution in [1.29, 1.82) is 0 Å². The number of Topliss-reactive ketones (excluding diaryl/α,β-unsaturated/α-hetero) is 1. The van der Waals surface area contributed by atoms with Crippen molar-refractivity contribution in [3.8, 4) is 5.75 Å². The zero-order valence-corrected chi connectivity index (χ0v) is 10.7. The highest BCUT2D eigenvalue weighted by Crippen LogP contribution is 2.16. The molecule has 0 amide bonds. The number of hydrogen-bond acceptors (Lipinski definition) is 3. The van der Waals surface area contributed by atoms with Gasteiger partial charge in [-0.3, -0.25) is 4.79 Å². The normalized spacial score (nSPS) is 12.1. The Morgan fingerprint density at radius 2 is 1.67 bits per heavy atom. The molecule has 0 aromatic heterocycles. The number of hydrogen-bond donors (Lipinski definition) is 2. The van der Waals surface area contributed by atoms with Gasteiger partial charge in [-0.1, -0.05) is 42.5 Å². The topological polar surface area (TPSA) is 37.3 Å². The summed E-state index contributed by atoms with van der Waals surface area (Å²) in [5, 5.41) is 8.83. The Labute approximate surface area is 112 Å². The van der Waals surface area contributed by atoms with E-state index >= 15 is 0 Å². The molecular formula is C15H14O2S. The van der Waals surface area contributed by atoms with Crippen LogP contribution in [-0.2, 0) is 6.42 Å². The Hall–Kier alpha value is -1.74. The van der Waals surface area contributed by atoms with Gasteiger partial charge in [-0.2, -0.15) is 12.6 Å². The smallest absolute Gasteiger partial charge is 0.175 e. The fraction of sp³-hybridized carbons (Fsp3) is 0.133. The maximum atomic E-state index is 12.1. The third-order valence-corrected chi connectivity index (χ3v) is 3.14. The van der Waals surface area contributed by atoms with E-state index in [1.54, 1.807) is 36.4 Å². The van der Waals surface area contributed by atoms with Crippen molar-refractivity contribution in [3.63, 3.8) is 0 Å². The minimum Gasteiger partial charge on any atom is -0.508 e. The van der Waals surface area contributed by atoms with E-state index in [0.717, 1.165) is 5.56 Å². The SMILES string of the molecule is O=C(c1ccccc1)C(S)Cc1ccc(O)cc1. The molecule has 2 rings (SSSR count). The van der Waals surface area contributed by atoms with Gasteiger partial charge in [-0.05, 0) is 24.1 Å². The number of ketones is 1. The van der Waals surface area contributed by atoms with Crippen molar-refractivity contribution in [1.82, 2.24) is 0 Å². The first-order chi connectivity index (χ1) is 8.66. The van der Waals surface area contributed by atoms with Crippen LogP contribution in [0.15, 0.2) is 54.6 Å². The molecule has 2 aromatic rings. The van der Waals surface area contributed by atoms with Gasteiger partial charge >= 0.3 is 0 Å². The molecule has 0 saturated carbocycles. The molecule has 0 aliphatic carbocycles. The molecule has 3 heteroatoms. The number of thiol groups is 1. The zero-order chi connectivity index (χ0) is 13.0. The van der Waals surface area contributed by atoms with Crippen molar-refractivity contribution in [2.45, 2.75) is 11.7 Å². The van der Waals surface area contributed by atoms with Crippen molar-refractivity contribution < 1.29 is 9.90 Å². The summed E-state index contributed by atoms with van der Waals surface area (Å²) in [5.41, 5.74) is 1.66. The molecule has 1 unspecified atom stereocenters. The zero-order valence-electron chi connectivity index (χ0n) is 9.78. The van der Waals surface area contributed by atoms with E-state index in [0.29, 0.717) is 12.0 Å². The number of benzene rings is 2. The lowest BCUT2D eigenvalue weighted by molar-refractivity contribution is 0.0989. The standard InChI is InChI=1S/C15H14O2S/c16-13-8-6-11(7-9-13)10-14(18)15(17)12-4-2-1-3-5-12/h1-9,14,16,18H,10H2. The van der Waals surface area contributed by atoms with Crippen molar-refractivity contribution in [2.24, 2.45) is 0 Å². The van der Waals surface area contributed by atoms with E-state index in [-0.39, 0.29) is 16.8 Å². The van der Waals surface area contributed by atoms with Gasteiger partial charge in [0, 0.05) is 5.56 Å². The predicted octanol–water partition coefficient (Wildman–Crippen LogP) is 3.12. The average Bonchev–Trinajstić information content (AvgIpc) is 2.41. The summed E-state index contributed by atoms with van der Waals surface area (Å²) in [4.78, 5) is 12.1. The van der Waals surface area contributed by atoms with Gasteiger partial charge in [0.2, 0.25) is 0 Å². The summed E-state index contributed by atoms with van der Waals surface area (Å²) >= 11 is 4.36. The highest BCUT2D eigenvalue weighted by Gasteiger charge is 2.16. The lowest BCUT2D eigenvalue weighted by Gasteiger charge is -2.10. The molecule has 0 aliphatic heterocycles. The van der Waals surface area contributed by atoms with Gasteiger partial charge in [0.05, 0.1) is 5.25 Å². The Bertz CT molecular complexity index is 520. The summed E-state index contributed by atoms with van der Waals surface area (Å²) in [5.74, 6) is 0.246. The minimum absolute atomic E-state index is 0.0204. The Morgan fingerprint density at radius 3 is 2.28 bits per heavy atom. The maximum Gasteiger partial charge on any atom is 0.175 e. The first-order valence-corrected chi connectivity index (χ1v) is 6.23. The number of phenolic OH excluding ortho intramolecular Hbond substituents is 1. The summed E-state index contributed by atoms with van der Waals surface area (Å²) in [6.45, 7) is 0. The quantitative estimate of drug-likeness (QED) is 0.653. The number of aromatic hydroxyl groups is 1. The Morgan fingerprint density at radius 1 is 1.06 bits per heavy atom. The molecule has 0 saturated heterocycles. The molecular weight excluding hydrogens is 244 g/mol. The monoisotopic (exact) mass is 258 g/mol. The van der Waals surface area contributed by atoms with Crippen LogP contribution in [0.2, 0.25) is 0 Å². The van der Waals surface area contributed by atoms with Crippen LogP contribution < -0.4 is 0 Å². The fourth-order valence-electron chi connectivity index (χ4n) is 1.74. The summed E-state index contributed by atoms with van der Waals surface area (Å²) < 4.78 is 0. The van der Waals surface area contributed by atoms with E-state index in [2.05, 4.69) is 12.6 Å². The minimum atomic E-state index is -0.364. The first-order valence-electron chi connectivity index (χ1n) is 5.72. The van der Waals surface area contributed by atoms with E-state index in [4.69, 9.17) is 0 Å². The number of carbonyl (C=O) groups excluding carboxylic acids is 1. The average molecular weight is 258 g/mol. The van der Waals surface area contributed by atoms with Gasteiger partial charge in [0.15, 0.2) is 5.78 Å². The molecule has 2 nitrogen and oxygen atoms in total. The third-order valence-electron chi connectivity index (χ3n) is 2.73. The molecule has 0 spiro atoms. The van der Waals surface area contributed by atoms with E-state index in [1.807, 2.05) is 18.2 Å². The molecule has 92 valence electrons. The lowest BCUT2D eigenvalue weighted by atomic mass is 10.0. The Kier molecular flexibility index (Phi) is 4.05. The van der Waals surface area contributed by atoms with Crippen LogP contribution in [0.1, 0.15) is 15.9 Å². The second-order valence-electron chi connectivity index (χ2n) is 4.12. The fourth-order valence-corrected chi connectivity index (χ4v) is 2.10. The number of phenols is 1. The van der Waals surface area contributed by atoms with E-state index < -0.39 is 0 Å². The van der Waals surface area contributed by atoms with E-state index in [1.165, 1.54) is 0 Å². The van der Waals surface area contributed by atoms with Gasteiger partial charge in [0.1, 0.15) is 5.75 Å². The van der Waals surface area contributed by atoms with Gasteiger partial charge in [0.25, 0.3) is 0 Å². The molecule has 0 aliphatic rings. The summed E-state index contributed by atoms with van der Waals surface area (Å²) in [6, 6.07) is 16.0. The van der Waals surface area contributed by atoms with Crippen molar-refractivity contribution >= 4 is 18.4 Å². The third kappa shape index (κ3) is 3.14. The van der Waals surface area contributed by atoms with Crippen molar-refractivity contribution in [3.05, 3.63) is 65.7 Å². The summed E-state index contributed by atoms with van der Waals surface area (Å²) in [7, 11) is 0. The molecule has 0 heterocycles. The highest BCUT2D eigenvalue weighted by atomic mass is 32.1. The predicted molar refractivity (Wildman–Crippen MR) is 75.4 cm³/mol. The highest BCUT2D eigenvalue weighted by molar-refractivity contribution is 7.81. The molecule has 0 radical (unpaired) electrons. The van der Waals surface area contributed by atoms with E-state index in [9.17, 15) is 9.90 Å².